The highest BCUT2D eigenvalue weighted by Gasteiger charge is 2.14. The lowest BCUT2D eigenvalue weighted by Crippen LogP contribution is -2.18. The third-order valence-electron chi connectivity index (χ3n) is 2.61. The molecule has 0 aliphatic heterocycles. The fourth-order valence-electron chi connectivity index (χ4n) is 1.88. The smallest absolute Gasteiger partial charge is 0.177 e. The number of rotatable bonds is 3. The van der Waals surface area contributed by atoms with Crippen LogP contribution in [0, 0.1) is 0 Å². The predicted octanol–water partition coefficient (Wildman–Crippen LogP) is 2.23. The van der Waals surface area contributed by atoms with Crippen molar-refractivity contribution < 1.29 is 4.79 Å². The van der Waals surface area contributed by atoms with Gasteiger partial charge in [0.15, 0.2) is 5.78 Å². The van der Waals surface area contributed by atoms with Gasteiger partial charge in [0.05, 0.1) is 17.1 Å². The molecule has 1 N–H and O–H groups in total. The Morgan fingerprint density at radius 1 is 1.50 bits per heavy atom. The van der Waals surface area contributed by atoms with Crippen molar-refractivity contribution in [1.29, 1.82) is 0 Å². The van der Waals surface area contributed by atoms with E-state index in [4.69, 9.17) is 11.6 Å². The molecule has 0 unspecified atom stereocenters. The van der Waals surface area contributed by atoms with Crippen LogP contribution in [0.2, 0.25) is 5.02 Å². The van der Waals surface area contributed by atoms with Crippen molar-refractivity contribution in [3.05, 3.63) is 35.0 Å². The lowest BCUT2D eigenvalue weighted by molar-refractivity contribution is 0.0995. The Hall–Kier alpha value is -1.32. The number of Topliss-reactive ketones (excluding diaryl/α,β-unsaturated/α-hetero) is 1. The molecule has 0 spiro atoms. The van der Waals surface area contributed by atoms with E-state index in [0.29, 0.717) is 17.1 Å². The van der Waals surface area contributed by atoms with Crippen molar-refractivity contribution in [2.75, 3.05) is 13.6 Å². The van der Waals surface area contributed by atoms with Gasteiger partial charge in [0.25, 0.3) is 0 Å². The topological polar surface area (TPSA) is 34.0 Å². The van der Waals surface area contributed by atoms with E-state index in [-0.39, 0.29) is 5.78 Å². The quantitative estimate of drug-likeness (QED) is 0.830. The number of hydrogen-bond acceptors (Lipinski definition) is 2. The Balaban J connectivity index is 2.66. The second-order valence-corrected chi connectivity index (χ2v) is 4.15. The molecule has 0 saturated carbocycles. The van der Waals surface area contributed by atoms with E-state index in [1.165, 1.54) is 0 Å². The number of carbonyl (C=O) groups excluding carboxylic acids is 1. The molecule has 0 aliphatic carbocycles. The Morgan fingerprint density at radius 3 is 2.94 bits per heavy atom. The number of halogens is 1. The van der Waals surface area contributed by atoms with Gasteiger partial charge in [0.1, 0.15) is 0 Å². The summed E-state index contributed by atoms with van der Waals surface area (Å²) in [6.07, 6.45) is 1.82. The van der Waals surface area contributed by atoms with Gasteiger partial charge in [-0.05, 0) is 13.1 Å². The summed E-state index contributed by atoms with van der Waals surface area (Å²) < 4.78 is 1.92. The first-order valence-corrected chi connectivity index (χ1v) is 5.44. The summed E-state index contributed by atoms with van der Waals surface area (Å²) in [7, 11) is 3.67. The van der Waals surface area contributed by atoms with Crippen LogP contribution in [0.1, 0.15) is 10.4 Å². The van der Waals surface area contributed by atoms with Gasteiger partial charge < -0.3 is 9.88 Å². The van der Waals surface area contributed by atoms with Crippen molar-refractivity contribution >= 4 is 28.3 Å². The van der Waals surface area contributed by atoms with E-state index in [1.807, 2.05) is 36.0 Å². The summed E-state index contributed by atoms with van der Waals surface area (Å²) in [6.45, 7) is 0.324. The molecule has 2 aromatic rings. The number of nitrogens with one attached hydrogen (secondary N) is 1. The van der Waals surface area contributed by atoms with Crippen molar-refractivity contribution in [2.24, 2.45) is 7.05 Å². The summed E-state index contributed by atoms with van der Waals surface area (Å²) in [5, 5.41) is 4.32. The molecular weight excluding hydrogens is 224 g/mol. The standard InChI is InChI=1S/C12H13ClN2O/c1-14-6-11(16)8-4-3-5-10-12(8)9(13)7-15(10)2/h3-5,7,14H,6H2,1-2H3. The van der Waals surface area contributed by atoms with E-state index >= 15 is 0 Å². The van der Waals surface area contributed by atoms with Crippen molar-refractivity contribution in [3.63, 3.8) is 0 Å². The molecule has 1 heterocycles. The average molecular weight is 237 g/mol. The Labute approximate surface area is 99.0 Å². The van der Waals surface area contributed by atoms with Crippen LogP contribution in [0.15, 0.2) is 24.4 Å². The molecule has 0 fully saturated rings. The van der Waals surface area contributed by atoms with Gasteiger partial charge in [-0.25, -0.2) is 0 Å². The van der Waals surface area contributed by atoms with Crippen LogP contribution in [0.3, 0.4) is 0 Å². The number of aryl methyl sites for hydroxylation is 1. The largest absolute Gasteiger partial charge is 0.349 e. The van der Waals surface area contributed by atoms with Gasteiger partial charge in [-0.1, -0.05) is 23.7 Å². The van der Waals surface area contributed by atoms with Crippen LogP contribution in [0.4, 0.5) is 0 Å². The number of likely N-dealkylation sites (N-methyl/N-ethyl adjacent to an activating group) is 1. The van der Waals surface area contributed by atoms with Crippen LogP contribution in [0.5, 0.6) is 0 Å². The minimum atomic E-state index is 0.0567. The van der Waals surface area contributed by atoms with Crippen LogP contribution >= 0.6 is 11.6 Å². The third-order valence-corrected chi connectivity index (χ3v) is 2.89. The summed E-state index contributed by atoms with van der Waals surface area (Å²) in [5.41, 5.74) is 1.66. The molecule has 3 nitrogen and oxygen atoms in total. The minimum absolute atomic E-state index is 0.0567. The Kier molecular flexibility index (Phi) is 2.99. The maximum Gasteiger partial charge on any atom is 0.177 e. The predicted molar refractivity (Wildman–Crippen MR) is 66.2 cm³/mol. The van der Waals surface area contributed by atoms with Gasteiger partial charge in [0.2, 0.25) is 0 Å². The molecule has 0 aliphatic rings. The molecule has 1 aromatic carbocycles. The number of ketones is 1. The molecule has 0 amide bonds. The third kappa shape index (κ3) is 1.72. The lowest BCUT2D eigenvalue weighted by Gasteiger charge is -2.03. The fourth-order valence-corrected chi connectivity index (χ4v) is 2.22. The summed E-state index contributed by atoms with van der Waals surface area (Å²) in [5.74, 6) is 0.0567. The van der Waals surface area contributed by atoms with Crippen molar-refractivity contribution in [1.82, 2.24) is 9.88 Å². The molecule has 1 aromatic heterocycles. The number of carbonyl (C=O) groups is 1. The van der Waals surface area contributed by atoms with Gasteiger partial charge in [-0.15, -0.1) is 0 Å². The SMILES string of the molecule is CNCC(=O)c1cccc2c1c(Cl)cn2C. The second-order valence-electron chi connectivity index (χ2n) is 3.74. The van der Waals surface area contributed by atoms with Gasteiger partial charge in [-0.2, -0.15) is 0 Å². The zero-order chi connectivity index (χ0) is 11.7. The van der Waals surface area contributed by atoms with E-state index in [2.05, 4.69) is 5.32 Å². The lowest BCUT2D eigenvalue weighted by atomic mass is 10.1. The monoisotopic (exact) mass is 236 g/mol. The number of hydrogen-bond donors (Lipinski definition) is 1. The number of fused-ring (bicyclic) bond motifs is 1. The first-order chi connectivity index (χ1) is 7.65. The molecule has 16 heavy (non-hydrogen) atoms. The first-order valence-electron chi connectivity index (χ1n) is 5.06. The second kappa shape index (κ2) is 4.28. The normalized spacial score (nSPS) is 10.9. The summed E-state index contributed by atoms with van der Waals surface area (Å²) >= 11 is 6.13. The van der Waals surface area contributed by atoms with E-state index in [9.17, 15) is 4.79 Å². The zero-order valence-electron chi connectivity index (χ0n) is 9.25. The Morgan fingerprint density at radius 2 is 2.25 bits per heavy atom. The van der Waals surface area contributed by atoms with E-state index < -0.39 is 0 Å². The van der Waals surface area contributed by atoms with Crippen molar-refractivity contribution in [2.45, 2.75) is 0 Å². The van der Waals surface area contributed by atoms with Crippen LogP contribution < -0.4 is 5.32 Å². The van der Waals surface area contributed by atoms with Crippen LogP contribution in [-0.4, -0.2) is 23.9 Å². The van der Waals surface area contributed by atoms with E-state index in [0.717, 1.165) is 10.9 Å². The molecule has 0 radical (unpaired) electrons. The highest BCUT2D eigenvalue weighted by Crippen LogP contribution is 2.28. The average Bonchev–Trinajstić information content (AvgIpc) is 2.55. The van der Waals surface area contributed by atoms with Gasteiger partial charge in [-0.3, -0.25) is 4.79 Å². The van der Waals surface area contributed by atoms with Crippen molar-refractivity contribution in [3.8, 4) is 0 Å². The number of benzene rings is 1. The summed E-state index contributed by atoms with van der Waals surface area (Å²) in [4.78, 5) is 11.9. The summed E-state index contributed by atoms with van der Waals surface area (Å²) in [6, 6.07) is 5.65. The van der Waals surface area contributed by atoms with Gasteiger partial charge in [0, 0.05) is 24.2 Å². The number of nitrogens with zero attached hydrogens (tertiary/aromatic N) is 1. The molecule has 0 saturated heterocycles. The van der Waals surface area contributed by atoms with Crippen LogP contribution in [0.25, 0.3) is 10.9 Å². The van der Waals surface area contributed by atoms with Crippen LogP contribution in [-0.2, 0) is 7.05 Å². The molecule has 0 atom stereocenters. The highest BCUT2D eigenvalue weighted by molar-refractivity contribution is 6.37. The molecule has 84 valence electrons. The fraction of sp³-hybridized carbons (Fsp3) is 0.250. The molecule has 2 rings (SSSR count). The number of aromatic nitrogens is 1. The maximum atomic E-state index is 11.9. The zero-order valence-corrected chi connectivity index (χ0v) is 10.0. The Bertz CT molecular complexity index is 545. The molecule has 0 bridgehead atoms. The first kappa shape index (κ1) is 11.2. The molecular formula is C12H13ClN2O. The van der Waals surface area contributed by atoms with E-state index in [1.54, 1.807) is 7.05 Å². The maximum absolute atomic E-state index is 11.9. The molecule has 4 heteroatoms. The van der Waals surface area contributed by atoms with Gasteiger partial charge >= 0.3 is 0 Å². The highest BCUT2D eigenvalue weighted by atomic mass is 35.5. The minimum Gasteiger partial charge on any atom is -0.349 e.